The lowest BCUT2D eigenvalue weighted by atomic mass is 10.0. The molecule has 2 aliphatic heterocycles. The molecule has 342 valence electrons. The van der Waals surface area contributed by atoms with E-state index in [1.54, 1.807) is 73.3 Å². The number of hydrogen-bond acceptors (Lipinski definition) is 8. The van der Waals surface area contributed by atoms with Crippen LogP contribution in [0.2, 0.25) is 0 Å². The smallest absolute Gasteiger partial charge is 0.255 e. The first-order valence-corrected chi connectivity index (χ1v) is 22.7. The van der Waals surface area contributed by atoms with E-state index in [0.29, 0.717) is 67.4 Å². The van der Waals surface area contributed by atoms with Gasteiger partial charge in [0, 0.05) is 80.6 Å². The van der Waals surface area contributed by atoms with E-state index in [1.165, 1.54) is 24.3 Å². The number of benzene rings is 4. The number of fused-ring (bicyclic) bond motifs is 8. The number of nitrogens with one attached hydrogen (secondary N) is 4. The van der Waals surface area contributed by atoms with Gasteiger partial charge in [0.15, 0.2) is 0 Å². The van der Waals surface area contributed by atoms with Gasteiger partial charge < -0.3 is 30.8 Å². The average molecular weight is 935 g/mol. The number of amides is 2. The molecule has 12 nitrogen and oxygen atoms in total. The zero-order valence-electron chi connectivity index (χ0n) is 38.0. The summed E-state index contributed by atoms with van der Waals surface area (Å²) < 4.78 is 0. The summed E-state index contributed by atoms with van der Waals surface area (Å²) in [6, 6.07) is 42.6. The van der Waals surface area contributed by atoms with E-state index in [4.69, 9.17) is 9.97 Å². The lowest BCUT2D eigenvalue weighted by Gasteiger charge is -2.08. The van der Waals surface area contributed by atoms with Crippen molar-refractivity contribution < 1.29 is 19.8 Å². The van der Waals surface area contributed by atoms with Crippen LogP contribution in [0.15, 0.2) is 170 Å². The van der Waals surface area contributed by atoms with Gasteiger partial charge in [0.2, 0.25) is 0 Å². The second-order valence-corrected chi connectivity index (χ2v) is 16.6. The Kier molecular flexibility index (Phi) is 11.7. The van der Waals surface area contributed by atoms with Crippen LogP contribution in [0, 0.1) is 23.7 Å². The molecule has 0 atom stereocenters. The molecule has 0 aliphatic carbocycles. The van der Waals surface area contributed by atoms with Gasteiger partial charge in [-0.15, -0.1) is 0 Å². The minimum absolute atomic E-state index is 0.105. The van der Waals surface area contributed by atoms with Crippen molar-refractivity contribution in [2.24, 2.45) is 0 Å². The number of anilines is 2. The molecule has 0 spiro atoms. The fraction of sp³-hybridized carbons (Fsp3) is 0. The SMILES string of the molecule is O=C(Nc1ccc(O)cc1)c1ccc(-c2c3nc(c(C#Cc4ccncc4)c4ccc([nH]4)c(-c4ccc(C(=O)Nc5ccc(O)cc5)cc4)c4nc(c(C#Cc5ccncc5)c5ccc2[nH]5)C=C4)C=C3)cc1. The number of hydrogen-bond donors (Lipinski definition) is 6. The van der Waals surface area contributed by atoms with Gasteiger partial charge in [0.05, 0.1) is 44.9 Å². The van der Waals surface area contributed by atoms with Gasteiger partial charge in [-0.1, -0.05) is 47.9 Å². The molecule has 8 bridgehead atoms. The van der Waals surface area contributed by atoms with Crippen molar-refractivity contribution in [2.75, 3.05) is 10.6 Å². The maximum Gasteiger partial charge on any atom is 0.255 e. The second kappa shape index (κ2) is 19.2. The van der Waals surface area contributed by atoms with Crippen molar-refractivity contribution in [3.63, 3.8) is 0 Å². The third-order valence-electron chi connectivity index (χ3n) is 11.9. The first-order valence-electron chi connectivity index (χ1n) is 22.7. The van der Waals surface area contributed by atoms with E-state index in [1.807, 2.05) is 97.1 Å². The number of aromatic hydroxyl groups is 2. The first-order chi connectivity index (χ1) is 35.3. The summed E-state index contributed by atoms with van der Waals surface area (Å²) in [5.74, 6) is 13.1. The molecule has 12 heteroatoms. The number of pyridine rings is 2. The van der Waals surface area contributed by atoms with Crippen LogP contribution in [0.25, 0.3) is 68.6 Å². The van der Waals surface area contributed by atoms with Gasteiger partial charge >= 0.3 is 0 Å². The number of carbonyl (C=O) groups is 2. The first kappa shape index (κ1) is 44.0. The summed E-state index contributed by atoms with van der Waals surface area (Å²) in [6.45, 7) is 0. The highest BCUT2D eigenvalue weighted by atomic mass is 16.3. The van der Waals surface area contributed by atoms with Crippen LogP contribution < -0.4 is 10.6 Å². The van der Waals surface area contributed by atoms with E-state index in [0.717, 1.165) is 44.4 Å². The van der Waals surface area contributed by atoms with E-state index in [2.05, 4.69) is 54.3 Å². The highest BCUT2D eigenvalue weighted by molar-refractivity contribution is 6.06. The van der Waals surface area contributed by atoms with Crippen LogP contribution in [0.4, 0.5) is 11.4 Å². The molecule has 0 saturated carbocycles. The Morgan fingerprint density at radius 1 is 0.403 bits per heavy atom. The molecular weight excluding hydrogens is 897 g/mol. The van der Waals surface area contributed by atoms with Crippen molar-refractivity contribution in [2.45, 2.75) is 0 Å². The lowest BCUT2D eigenvalue weighted by molar-refractivity contribution is 0.101. The van der Waals surface area contributed by atoms with E-state index in [9.17, 15) is 19.8 Å². The molecule has 4 aromatic carbocycles. The van der Waals surface area contributed by atoms with Crippen LogP contribution in [0.3, 0.4) is 0 Å². The Bertz CT molecular complexity index is 3690. The van der Waals surface area contributed by atoms with Gasteiger partial charge in [-0.25, -0.2) is 9.97 Å². The summed E-state index contributed by atoms with van der Waals surface area (Å²) in [7, 11) is 0. The maximum absolute atomic E-state index is 13.4. The molecule has 2 aliphatic rings. The summed E-state index contributed by atoms with van der Waals surface area (Å²) in [5.41, 5.74) is 13.4. The number of phenols is 2. The number of nitrogens with zero attached hydrogens (tertiary/aromatic N) is 4. The summed E-state index contributed by atoms with van der Waals surface area (Å²) in [4.78, 5) is 53.0. The number of rotatable bonds is 6. The normalized spacial score (nSPS) is 11.2. The van der Waals surface area contributed by atoms with Gasteiger partial charge in [0.1, 0.15) is 11.5 Å². The predicted molar refractivity (Wildman–Crippen MR) is 282 cm³/mol. The van der Waals surface area contributed by atoms with E-state index < -0.39 is 0 Å². The van der Waals surface area contributed by atoms with Gasteiger partial charge in [-0.3, -0.25) is 19.6 Å². The third-order valence-corrected chi connectivity index (χ3v) is 11.9. The number of H-pyrrole nitrogens is 2. The molecule has 0 radical (unpaired) electrons. The summed E-state index contributed by atoms with van der Waals surface area (Å²) >= 11 is 0. The third kappa shape index (κ3) is 9.34. The average Bonchev–Trinajstić information content (AvgIpc) is 4.27. The fourth-order valence-corrected chi connectivity index (χ4v) is 8.29. The largest absolute Gasteiger partial charge is 0.508 e. The van der Waals surface area contributed by atoms with Crippen molar-refractivity contribution >= 4 is 69.6 Å². The Labute approximate surface area is 412 Å². The number of aromatic amines is 2. The predicted octanol–water partition coefficient (Wildman–Crippen LogP) is 11.5. The standard InChI is InChI=1S/C60H38N8O4/c69-45-15-11-43(12-16-45)63-59(71)41-7-3-39(4-8-41)57-53-25-21-49(65-53)47(19-1-37-29-33-61-34-30-37)50-22-26-54(66-50)58(40-5-9-42(10-6-40)60(72)64-44-13-17-46(70)18-14-44)56-28-24-52(68-56)48(51-23-27-55(57)67-51)20-2-38-31-35-62-36-32-38/h3-18,21-36,65,68-70H,(H,63,71)(H,64,72). The van der Waals surface area contributed by atoms with Crippen molar-refractivity contribution in [1.29, 1.82) is 0 Å². The molecule has 0 unspecified atom stereocenters. The van der Waals surface area contributed by atoms with Crippen LogP contribution in [0.1, 0.15) is 65.7 Å². The van der Waals surface area contributed by atoms with E-state index >= 15 is 0 Å². The summed E-state index contributed by atoms with van der Waals surface area (Å²) in [5, 5.41) is 25.3. The van der Waals surface area contributed by atoms with Crippen molar-refractivity contribution in [1.82, 2.24) is 29.9 Å². The molecule has 6 N–H and O–H groups in total. The molecule has 7 heterocycles. The number of phenolic OH excluding ortho intramolecular Hbond substituents is 2. The number of carbonyl (C=O) groups excluding carboxylic acids is 2. The highest BCUT2D eigenvalue weighted by Gasteiger charge is 2.18. The van der Waals surface area contributed by atoms with Gasteiger partial charge in [-0.2, -0.15) is 0 Å². The number of aromatic nitrogens is 6. The minimum Gasteiger partial charge on any atom is -0.508 e. The molecule has 5 aromatic heterocycles. The zero-order valence-corrected chi connectivity index (χ0v) is 38.0. The zero-order chi connectivity index (χ0) is 49.0. The Morgan fingerprint density at radius 3 is 1.15 bits per heavy atom. The summed E-state index contributed by atoms with van der Waals surface area (Å²) in [6.07, 6.45) is 14.6. The van der Waals surface area contributed by atoms with Crippen molar-refractivity contribution in [3.8, 4) is 57.4 Å². The fourth-order valence-electron chi connectivity index (χ4n) is 8.29. The monoisotopic (exact) mass is 934 g/mol. The van der Waals surface area contributed by atoms with Crippen molar-refractivity contribution in [3.05, 3.63) is 227 Å². The van der Waals surface area contributed by atoms with Gasteiger partial charge in [0.25, 0.3) is 11.8 Å². The molecule has 72 heavy (non-hydrogen) atoms. The Balaban J connectivity index is 1.12. The van der Waals surface area contributed by atoms with Gasteiger partial charge in [-0.05, 0) is 157 Å². The van der Waals surface area contributed by atoms with Crippen LogP contribution in [-0.4, -0.2) is 51.9 Å². The molecule has 0 saturated heterocycles. The maximum atomic E-state index is 13.4. The van der Waals surface area contributed by atoms with Crippen LogP contribution >= 0.6 is 0 Å². The molecule has 0 fully saturated rings. The van der Waals surface area contributed by atoms with E-state index in [-0.39, 0.29) is 23.3 Å². The van der Waals surface area contributed by atoms with Crippen LogP contribution in [-0.2, 0) is 0 Å². The molecule has 2 amide bonds. The minimum atomic E-state index is -0.302. The Morgan fingerprint density at radius 2 is 0.764 bits per heavy atom. The second-order valence-electron chi connectivity index (χ2n) is 16.6. The Hall–Kier alpha value is -10.6. The molecular formula is C60H38N8O4. The lowest BCUT2D eigenvalue weighted by Crippen LogP contribution is -2.11. The topological polar surface area (TPSA) is 182 Å². The highest BCUT2D eigenvalue weighted by Crippen LogP contribution is 2.35. The molecule has 9 aromatic rings. The quantitative estimate of drug-likeness (QED) is 0.0703. The van der Waals surface area contributed by atoms with Crippen LogP contribution in [0.5, 0.6) is 11.5 Å². The molecule has 11 rings (SSSR count).